The predicted molar refractivity (Wildman–Crippen MR) is 185 cm³/mol. The molecule has 42 heavy (non-hydrogen) atoms. The summed E-state index contributed by atoms with van der Waals surface area (Å²) in [5, 5.41) is 2.60. The molecule has 0 radical (unpaired) electrons. The van der Waals surface area contributed by atoms with Crippen LogP contribution in [0.3, 0.4) is 0 Å². The maximum Gasteiger partial charge on any atom is 0.0540 e. The van der Waals surface area contributed by atoms with Gasteiger partial charge < -0.3 is 4.90 Å². The zero-order valence-electron chi connectivity index (χ0n) is 25.8. The largest absolute Gasteiger partial charge is 0.314 e. The summed E-state index contributed by atoms with van der Waals surface area (Å²) >= 11 is 0. The lowest BCUT2D eigenvalue weighted by molar-refractivity contribution is 0.735. The highest BCUT2D eigenvalue weighted by atomic mass is 15.2. The highest BCUT2D eigenvalue weighted by Crippen LogP contribution is 2.47. The molecular weight excluding hydrogens is 506 g/mol. The summed E-state index contributed by atoms with van der Waals surface area (Å²) in [5.41, 5.74) is 11.7. The third-order valence-electron chi connectivity index (χ3n) is 8.36. The second-order valence-corrected chi connectivity index (χ2v) is 10.9. The number of aryl methyl sites for hydroxylation is 1. The molecule has 1 nitrogen and oxygen atoms in total. The zero-order chi connectivity index (χ0) is 29.5. The van der Waals surface area contributed by atoms with Gasteiger partial charge in [0.15, 0.2) is 0 Å². The van der Waals surface area contributed by atoms with Gasteiger partial charge in [-0.2, -0.15) is 0 Å². The number of allylic oxidation sites excluding steroid dienone is 4. The van der Waals surface area contributed by atoms with Crippen LogP contribution in [0.15, 0.2) is 133 Å². The Kier molecular flexibility index (Phi) is 9.39. The molecule has 0 saturated heterocycles. The Hall–Kier alpha value is -4.36. The molecular formula is C41H43N. The summed E-state index contributed by atoms with van der Waals surface area (Å²) in [7, 11) is 0. The van der Waals surface area contributed by atoms with E-state index in [1.54, 1.807) is 0 Å². The average molecular weight is 550 g/mol. The Bertz CT molecular complexity index is 1690. The van der Waals surface area contributed by atoms with Gasteiger partial charge in [0.05, 0.1) is 5.69 Å². The number of benzene rings is 5. The van der Waals surface area contributed by atoms with Crippen molar-refractivity contribution in [2.75, 3.05) is 4.90 Å². The molecule has 0 spiro atoms. The van der Waals surface area contributed by atoms with Crippen LogP contribution in [0.5, 0.6) is 0 Å². The van der Waals surface area contributed by atoms with Crippen molar-refractivity contribution in [1.29, 1.82) is 0 Å². The fourth-order valence-corrected chi connectivity index (χ4v) is 6.03. The van der Waals surface area contributed by atoms with E-state index in [4.69, 9.17) is 0 Å². The number of anilines is 2. The standard InChI is InChI=1S/C39H37N.C2H6/c1-4-28(2)35-20-13-21-37(39(35)38-29(3)22-23-32-16-11-12-19-36(32)38)40(33-17-9-6-10-18-33)34-26-24-31(25-27-34)30-14-7-5-8-15-30;1-2/h5-9,11-17,19-28H,4,10,18H2,1-3H3;1-2H3. The highest BCUT2D eigenvalue weighted by molar-refractivity contribution is 6.03. The van der Waals surface area contributed by atoms with Crippen LogP contribution in [0, 0.1) is 6.92 Å². The topological polar surface area (TPSA) is 3.24 Å². The van der Waals surface area contributed by atoms with Gasteiger partial charge >= 0.3 is 0 Å². The Morgan fingerprint density at radius 1 is 0.714 bits per heavy atom. The molecule has 1 aliphatic rings. The van der Waals surface area contributed by atoms with Crippen LogP contribution in [-0.2, 0) is 0 Å². The van der Waals surface area contributed by atoms with Gasteiger partial charge in [0.25, 0.3) is 0 Å². The molecule has 1 aliphatic carbocycles. The van der Waals surface area contributed by atoms with Crippen molar-refractivity contribution in [2.24, 2.45) is 0 Å². The SMILES string of the molecule is CC.CCC(C)c1cccc(N(C2=CC=CCC2)c2ccc(-c3ccccc3)cc2)c1-c1c(C)ccc2ccccc12. The lowest BCUT2D eigenvalue weighted by Crippen LogP contribution is -2.19. The summed E-state index contributed by atoms with van der Waals surface area (Å²) in [4.78, 5) is 2.51. The molecule has 0 N–H and O–H groups in total. The van der Waals surface area contributed by atoms with E-state index in [9.17, 15) is 0 Å². The first-order valence-corrected chi connectivity index (χ1v) is 15.6. The van der Waals surface area contributed by atoms with E-state index in [0.29, 0.717) is 5.92 Å². The molecule has 1 heteroatoms. The highest BCUT2D eigenvalue weighted by Gasteiger charge is 2.24. The van der Waals surface area contributed by atoms with Crippen molar-refractivity contribution in [3.05, 3.63) is 144 Å². The summed E-state index contributed by atoms with van der Waals surface area (Å²) in [6.45, 7) is 10.9. The van der Waals surface area contributed by atoms with Gasteiger partial charge in [0.2, 0.25) is 0 Å². The lowest BCUT2D eigenvalue weighted by Gasteiger charge is -2.33. The maximum atomic E-state index is 2.51. The van der Waals surface area contributed by atoms with Gasteiger partial charge in [-0.05, 0) is 95.0 Å². The normalized spacial score (nSPS) is 13.2. The molecule has 0 fully saturated rings. The van der Waals surface area contributed by atoms with Gasteiger partial charge in [0, 0.05) is 16.9 Å². The third kappa shape index (κ3) is 5.83. The zero-order valence-corrected chi connectivity index (χ0v) is 25.8. The fourth-order valence-electron chi connectivity index (χ4n) is 6.03. The fraction of sp³-hybridized carbons (Fsp3) is 0.220. The van der Waals surface area contributed by atoms with Crippen LogP contribution < -0.4 is 4.90 Å². The summed E-state index contributed by atoms with van der Waals surface area (Å²) in [6.07, 6.45) is 9.94. The van der Waals surface area contributed by atoms with Crippen LogP contribution >= 0.6 is 0 Å². The van der Waals surface area contributed by atoms with Crippen molar-refractivity contribution < 1.29 is 0 Å². The molecule has 0 amide bonds. The Morgan fingerprint density at radius 3 is 2.14 bits per heavy atom. The predicted octanol–water partition coefficient (Wildman–Crippen LogP) is 12.4. The number of hydrogen-bond acceptors (Lipinski definition) is 1. The average Bonchev–Trinajstić information content (AvgIpc) is 3.07. The third-order valence-corrected chi connectivity index (χ3v) is 8.36. The minimum atomic E-state index is 0.441. The second kappa shape index (κ2) is 13.5. The van der Waals surface area contributed by atoms with Gasteiger partial charge in [0.1, 0.15) is 0 Å². The number of nitrogens with zero attached hydrogens (tertiary/aromatic N) is 1. The molecule has 212 valence electrons. The second-order valence-electron chi connectivity index (χ2n) is 10.9. The smallest absolute Gasteiger partial charge is 0.0540 e. The molecule has 1 unspecified atom stereocenters. The summed E-state index contributed by atoms with van der Waals surface area (Å²) < 4.78 is 0. The monoisotopic (exact) mass is 549 g/mol. The van der Waals surface area contributed by atoms with Crippen molar-refractivity contribution in [2.45, 2.75) is 59.8 Å². The molecule has 0 saturated carbocycles. The van der Waals surface area contributed by atoms with E-state index in [0.717, 1.165) is 19.3 Å². The minimum absolute atomic E-state index is 0.441. The van der Waals surface area contributed by atoms with E-state index in [1.165, 1.54) is 61.2 Å². The maximum absolute atomic E-state index is 2.51. The summed E-state index contributed by atoms with van der Waals surface area (Å²) in [6, 6.07) is 40.1. The van der Waals surface area contributed by atoms with Crippen LogP contribution in [0.2, 0.25) is 0 Å². The first kappa shape index (κ1) is 29.1. The molecule has 5 aromatic rings. The Morgan fingerprint density at radius 2 is 1.43 bits per heavy atom. The van der Waals surface area contributed by atoms with Crippen LogP contribution in [0.4, 0.5) is 11.4 Å². The van der Waals surface area contributed by atoms with Gasteiger partial charge in [-0.1, -0.05) is 131 Å². The van der Waals surface area contributed by atoms with Crippen LogP contribution in [0.1, 0.15) is 64.0 Å². The first-order valence-electron chi connectivity index (χ1n) is 15.6. The Labute approximate surface area is 252 Å². The van der Waals surface area contributed by atoms with E-state index in [2.05, 4.69) is 153 Å². The van der Waals surface area contributed by atoms with Crippen molar-refractivity contribution in [3.63, 3.8) is 0 Å². The molecule has 0 aliphatic heterocycles. The molecule has 0 heterocycles. The van der Waals surface area contributed by atoms with Gasteiger partial charge in [-0.15, -0.1) is 0 Å². The van der Waals surface area contributed by atoms with Gasteiger partial charge in [-0.25, -0.2) is 0 Å². The lowest BCUT2D eigenvalue weighted by atomic mass is 9.84. The van der Waals surface area contributed by atoms with E-state index < -0.39 is 0 Å². The van der Waals surface area contributed by atoms with Gasteiger partial charge in [-0.3, -0.25) is 0 Å². The van der Waals surface area contributed by atoms with Crippen molar-refractivity contribution in [3.8, 4) is 22.3 Å². The molecule has 0 aromatic heterocycles. The molecule has 1 atom stereocenters. The molecule has 0 bridgehead atoms. The van der Waals surface area contributed by atoms with E-state index in [1.807, 2.05) is 13.8 Å². The van der Waals surface area contributed by atoms with Crippen molar-refractivity contribution in [1.82, 2.24) is 0 Å². The van der Waals surface area contributed by atoms with E-state index >= 15 is 0 Å². The van der Waals surface area contributed by atoms with Crippen molar-refractivity contribution >= 4 is 22.1 Å². The first-order chi connectivity index (χ1) is 20.7. The summed E-state index contributed by atoms with van der Waals surface area (Å²) in [5.74, 6) is 0.441. The quantitative estimate of drug-likeness (QED) is 0.195. The van der Waals surface area contributed by atoms with Crippen LogP contribution in [-0.4, -0.2) is 0 Å². The number of rotatable bonds is 7. The molecule has 5 aromatic carbocycles. The number of fused-ring (bicyclic) bond motifs is 1. The Balaban J connectivity index is 0.00000173. The van der Waals surface area contributed by atoms with E-state index in [-0.39, 0.29) is 0 Å². The number of hydrogen-bond donors (Lipinski definition) is 0. The molecule has 6 rings (SSSR count). The van der Waals surface area contributed by atoms with Crippen LogP contribution in [0.25, 0.3) is 33.0 Å². The minimum Gasteiger partial charge on any atom is -0.314 e.